The van der Waals surface area contributed by atoms with Crippen LogP contribution in [0.2, 0.25) is 0 Å². The Morgan fingerprint density at radius 2 is 1.72 bits per heavy atom. The van der Waals surface area contributed by atoms with Crippen LogP contribution >= 0.6 is 0 Å². The van der Waals surface area contributed by atoms with Gasteiger partial charge in [-0.1, -0.05) is 12.1 Å². The number of ether oxygens (including phenoxy) is 1. The maximum atomic E-state index is 13.1. The van der Waals surface area contributed by atoms with Crippen LogP contribution in [0.1, 0.15) is 23.3 Å². The van der Waals surface area contributed by atoms with Crippen molar-refractivity contribution in [2.45, 2.75) is 12.8 Å². The minimum Gasteiger partial charge on any atom is -0.496 e. The van der Waals surface area contributed by atoms with Crippen LogP contribution in [0.4, 0.5) is 11.4 Å². The van der Waals surface area contributed by atoms with Gasteiger partial charge < -0.3 is 19.9 Å². The summed E-state index contributed by atoms with van der Waals surface area (Å²) in [6, 6.07) is 17.3. The number of methoxy groups -OCH3 is 1. The molecule has 7 nitrogen and oxygen atoms in total. The zero-order valence-corrected chi connectivity index (χ0v) is 18.1. The number of rotatable bonds is 5. The van der Waals surface area contributed by atoms with Crippen LogP contribution in [0.5, 0.6) is 5.75 Å². The molecule has 2 aliphatic rings. The van der Waals surface area contributed by atoms with Gasteiger partial charge in [0.15, 0.2) is 0 Å². The van der Waals surface area contributed by atoms with Crippen LogP contribution in [-0.4, -0.2) is 55.0 Å². The number of hydrogen-bond acceptors (Lipinski definition) is 5. The van der Waals surface area contributed by atoms with E-state index in [1.807, 2.05) is 53.4 Å². The summed E-state index contributed by atoms with van der Waals surface area (Å²) in [6.45, 7) is 2.72. The van der Waals surface area contributed by atoms with Gasteiger partial charge >= 0.3 is 0 Å². The first kappa shape index (κ1) is 20.3. The van der Waals surface area contributed by atoms with Gasteiger partial charge in [-0.2, -0.15) is 0 Å². The molecule has 1 aromatic heterocycles. The molecule has 7 heteroatoms. The quantitative estimate of drug-likeness (QED) is 0.670. The molecular weight excluding hydrogens is 404 g/mol. The Morgan fingerprint density at radius 3 is 2.41 bits per heavy atom. The van der Waals surface area contributed by atoms with Crippen molar-refractivity contribution >= 4 is 34.1 Å². The Hall–Kier alpha value is -3.61. The lowest BCUT2D eigenvalue weighted by molar-refractivity contribution is -0.117. The van der Waals surface area contributed by atoms with Crippen LogP contribution in [0.25, 0.3) is 10.9 Å². The van der Waals surface area contributed by atoms with Gasteiger partial charge in [-0.15, -0.1) is 0 Å². The normalized spacial score (nSPS) is 16.2. The SMILES string of the molecule is COc1cc(C(=O)N2CCN(c3ccc(NC(=O)C4CC4)cc3)CC2)nc2ccccc12. The molecule has 0 radical (unpaired) electrons. The summed E-state index contributed by atoms with van der Waals surface area (Å²) in [5.74, 6) is 0.888. The second-order valence-electron chi connectivity index (χ2n) is 8.32. The number of aromatic nitrogens is 1. The molecule has 5 rings (SSSR count). The van der Waals surface area contributed by atoms with E-state index in [9.17, 15) is 9.59 Å². The number of anilines is 2. The van der Waals surface area contributed by atoms with E-state index in [0.29, 0.717) is 24.5 Å². The average molecular weight is 431 g/mol. The molecule has 1 aliphatic heterocycles. The van der Waals surface area contributed by atoms with Crippen molar-refractivity contribution in [3.8, 4) is 5.75 Å². The number of pyridine rings is 1. The van der Waals surface area contributed by atoms with E-state index in [1.165, 1.54) is 0 Å². The molecule has 1 saturated heterocycles. The first-order chi connectivity index (χ1) is 15.6. The highest BCUT2D eigenvalue weighted by Gasteiger charge is 2.29. The Bertz CT molecular complexity index is 1150. The number of hydrogen-bond donors (Lipinski definition) is 1. The third-order valence-electron chi connectivity index (χ3n) is 6.13. The molecule has 0 bridgehead atoms. The zero-order valence-electron chi connectivity index (χ0n) is 18.1. The average Bonchev–Trinajstić information content (AvgIpc) is 3.69. The fourth-order valence-corrected chi connectivity index (χ4v) is 4.10. The number of benzene rings is 2. The van der Waals surface area contributed by atoms with E-state index in [0.717, 1.165) is 48.2 Å². The van der Waals surface area contributed by atoms with Gasteiger partial charge in [0.1, 0.15) is 11.4 Å². The number of carbonyl (C=O) groups excluding carboxylic acids is 2. The summed E-state index contributed by atoms with van der Waals surface area (Å²) >= 11 is 0. The molecule has 0 unspecified atom stereocenters. The maximum Gasteiger partial charge on any atom is 0.272 e. The van der Waals surface area contributed by atoms with Crippen LogP contribution in [0.3, 0.4) is 0 Å². The molecule has 2 fully saturated rings. The molecule has 2 amide bonds. The van der Waals surface area contributed by atoms with E-state index in [-0.39, 0.29) is 17.7 Å². The molecule has 3 aromatic rings. The lowest BCUT2D eigenvalue weighted by atomic mass is 10.1. The topological polar surface area (TPSA) is 74.8 Å². The Kier molecular flexibility index (Phi) is 5.39. The van der Waals surface area contributed by atoms with Crippen molar-refractivity contribution in [2.24, 2.45) is 5.92 Å². The molecule has 0 spiro atoms. The molecule has 2 aromatic carbocycles. The van der Waals surface area contributed by atoms with Crippen LogP contribution < -0.4 is 15.0 Å². The van der Waals surface area contributed by atoms with Crippen molar-refractivity contribution in [2.75, 3.05) is 43.5 Å². The number of para-hydroxylation sites is 1. The molecule has 0 atom stereocenters. The summed E-state index contributed by atoms with van der Waals surface area (Å²) in [5.41, 5.74) is 3.08. The summed E-state index contributed by atoms with van der Waals surface area (Å²) in [5, 5.41) is 3.87. The summed E-state index contributed by atoms with van der Waals surface area (Å²) in [6.07, 6.45) is 1.99. The second kappa shape index (κ2) is 8.49. The molecule has 164 valence electrons. The Labute approximate surface area is 187 Å². The molecule has 1 saturated carbocycles. The van der Waals surface area contributed by atoms with Crippen LogP contribution in [-0.2, 0) is 4.79 Å². The van der Waals surface area contributed by atoms with Crippen molar-refractivity contribution in [1.82, 2.24) is 9.88 Å². The summed E-state index contributed by atoms with van der Waals surface area (Å²) < 4.78 is 5.49. The highest BCUT2D eigenvalue weighted by Crippen LogP contribution is 2.30. The lowest BCUT2D eigenvalue weighted by Crippen LogP contribution is -2.49. The van der Waals surface area contributed by atoms with Crippen molar-refractivity contribution in [3.05, 3.63) is 60.3 Å². The van der Waals surface area contributed by atoms with E-state index in [2.05, 4.69) is 15.2 Å². The Morgan fingerprint density at radius 1 is 1.00 bits per heavy atom. The van der Waals surface area contributed by atoms with Gasteiger partial charge in [0.25, 0.3) is 5.91 Å². The van der Waals surface area contributed by atoms with Crippen molar-refractivity contribution in [3.63, 3.8) is 0 Å². The molecule has 2 heterocycles. The predicted octanol–water partition coefficient (Wildman–Crippen LogP) is 3.55. The second-order valence-corrected chi connectivity index (χ2v) is 8.32. The molecular formula is C25H26N4O3. The van der Waals surface area contributed by atoms with Gasteiger partial charge in [0.2, 0.25) is 5.91 Å². The van der Waals surface area contributed by atoms with Gasteiger partial charge in [-0.25, -0.2) is 4.98 Å². The predicted molar refractivity (Wildman–Crippen MR) is 124 cm³/mol. The third-order valence-corrected chi connectivity index (χ3v) is 6.13. The van der Waals surface area contributed by atoms with E-state index in [4.69, 9.17) is 4.74 Å². The molecule has 1 aliphatic carbocycles. The van der Waals surface area contributed by atoms with Gasteiger partial charge in [0.05, 0.1) is 12.6 Å². The Balaban J connectivity index is 1.23. The van der Waals surface area contributed by atoms with Crippen LogP contribution in [0.15, 0.2) is 54.6 Å². The maximum absolute atomic E-state index is 13.1. The number of nitrogens with one attached hydrogen (secondary N) is 1. The highest BCUT2D eigenvalue weighted by atomic mass is 16.5. The number of fused-ring (bicyclic) bond motifs is 1. The minimum atomic E-state index is -0.0770. The number of nitrogens with zero attached hydrogens (tertiary/aromatic N) is 3. The fourth-order valence-electron chi connectivity index (χ4n) is 4.10. The van der Waals surface area contributed by atoms with E-state index < -0.39 is 0 Å². The van der Waals surface area contributed by atoms with Gasteiger partial charge in [-0.05, 0) is 49.2 Å². The van der Waals surface area contributed by atoms with Crippen molar-refractivity contribution < 1.29 is 14.3 Å². The van der Waals surface area contributed by atoms with Crippen molar-refractivity contribution in [1.29, 1.82) is 0 Å². The standard InChI is InChI=1S/C25H26N4O3/c1-32-23-16-22(27-21-5-3-2-4-20(21)23)25(31)29-14-12-28(13-15-29)19-10-8-18(9-11-19)26-24(30)17-6-7-17/h2-5,8-11,16-17H,6-7,12-15H2,1H3,(H,26,30). The van der Waals surface area contributed by atoms with Gasteiger partial charge in [0, 0.05) is 54.9 Å². The number of carbonyl (C=O) groups is 2. The first-order valence-corrected chi connectivity index (χ1v) is 11.0. The monoisotopic (exact) mass is 430 g/mol. The number of piperazine rings is 1. The van der Waals surface area contributed by atoms with E-state index >= 15 is 0 Å². The lowest BCUT2D eigenvalue weighted by Gasteiger charge is -2.36. The third kappa shape index (κ3) is 4.10. The summed E-state index contributed by atoms with van der Waals surface area (Å²) in [7, 11) is 1.61. The number of amides is 2. The molecule has 32 heavy (non-hydrogen) atoms. The smallest absolute Gasteiger partial charge is 0.272 e. The largest absolute Gasteiger partial charge is 0.496 e. The molecule has 1 N–H and O–H groups in total. The van der Waals surface area contributed by atoms with E-state index in [1.54, 1.807) is 13.2 Å². The van der Waals surface area contributed by atoms with Gasteiger partial charge in [-0.3, -0.25) is 9.59 Å². The minimum absolute atomic E-state index is 0.0770. The van der Waals surface area contributed by atoms with Crippen LogP contribution in [0, 0.1) is 5.92 Å². The first-order valence-electron chi connectivity index (χ1n) is 11.0. The highest BCUT2D eigenvalue weighted by molar-refractivity contribution is 5.97. The summed E-state index contributed by atoms with van der Waals surface area (Å²) in [4.78, 5) is 33.7. The fraction of sp³-hybridized carbons (Fsp3) is 0.320. The zero-order chi connectivity index (χ0) is 22.1.